The predicted molar refractivity (Wildman–Crippen MR) is 133 cm³/mol. The molecule has 1 saturated heterocycles. The Labute approximate surface area is 209 Å². The van der Waals surface area contributed by atoms with E-state index in [4.69, 9.17) is 16.3 Å². The number of esters is 1. The molecule has 0 spiro atoms. The molecule has 0 aliphatic carbocycles. The maximum Gasteiger partial charge on any atom is 0.340 e. The predicted octanol–water partition coefficient (Wildman–Crippen LogP) is 2.52. The molecule has 188 valence electrons. The van der Waals surface area contributed by atoms with Crippen molar-refractivity contribution < 1.29 is 31.2 Å². The molecule has 0 radical (unpaired) electrons. The number of ether oxygens (including phenoxy) is 1. The van der Waals surface area contributed by atoms with Gasteiger partial charge in [-0.15, -0.1) is 6.58 Å². The van der Waals surface area contributed by atoms with Gasteiger partial charge < -0.3 is 9.64 Å². The Morgan fingerprint density at radius 1 is 1.20 bits per heavy atom. The first kappa shape index (κ1) is 26.7. The number of para-hydroxylation sites is 1. The Bertz CT molecular complexity index is 1330. The summed E-state index contributed by atoms with van der Waals surface area (Å²) >= 11 is 6.12. The van der Waals surface area contributed by atoms with Crippen molar-refractivity contribution >= 4 is 49.0 Å². The molecule has 3 rings (SSSR count). The largest absolute Gasteiger partial charge is 0.452 e. The molecular formula is C23H25ClN2O7S2. The fourth-order valence-corrected chi connectivity index (χ4v) is 7.02. The van der Waals surface area contributed by atoms with Gasteiger partial charge in [-0.1, -0.05) is 35.9 Å². The summed E-state index contributed by atoms with van der Waals surface area (Å²) in [7, 11) is -5.84. The van der Waals surface area contributed by atoms with E-state index in [0.717, 1.165) is 10.4 Å². The number of halogens is 1. The van der Waals surface area contributed by atoms with E-state index < -0.39 is 44.4 Å². The number of carbonyl (C=O) groups is 2. The number of nitrogens with zero attached hydrogens (tertiary/aromatic N) is 2. The summed E-state index contributed by atoms with van der Waals surface area (Å²) in [6, 6.07) is 11.5. The lowest BCUT2D eigenvalue weighted by Gasteiger charge is -2.24. The third-order valence-electron chi connectivity index (χ3n) is 5.56. The zero-order valence-corrected chi connectivity index (χ0v) is 21.4. The smallest absolute Gasteiger partial charge is 0.340 e. The van der Waals surface area contributed by atoms with E-state index in [2.05, 4.69) is 6.58 Å². The lowest BCUT2D eigenvalue weighted by Crippen LogP contribution is -2.40. The van der Waals surface area contributed by atoms with Crippen molar-refractivity contribution in [2.75, 3.05) is 36.0 Å². The summed E-state index contributed by atoms with van der Waals surface area (Å²) in [6.07, 6.45) is 1.75. The number of sulfonamides is 1. The average Bonchev–Trinajstić information content (AvgIpc) is 3.20. The van der Waals surface area contributed by atoms with Gasteiger partial charge in [0.05, 0.1) is 39.2 Å². The van der Waals surface area contributed by atoms with E-state index in [0.29, 0.717) is 12.1 Å². The maximum atomic E-state index is 13.3. The summed E-state index contributed by atoms with van der Waals surface area (Å²) < 4.78 is 56.2. The minimum atomic E-state index is -4.09. The topological polar surface area (TPSA) is 118 Å². The molecule has 1 amide bonds. The fourth-order valence-electron chi connectivity index (χ4n) is 3.59. The molecule has 0 saturated carbocycles. The van der Waals surface area contributed by atoms with Crippen LogP contribution in [0.5, 0.6) is 0 Å². The molecule has 35 heavy (non-hydrogen) atoms. The highest BCUT2D eigenvalue weighted by Gasteiger charge is 2.33. The van der Waals surface area contributed by atoms with Crippen molar-refractivity contribution in [3.05, 3.63) is 71.8 Å². The van der Waals surface area contributed by atoms with Gasteiger partial charge in [0.1, 0.15) is 0 Å². The number of anilines is 1. The minimum Gasteiger partial charge on any atom is -0.452 e. The molecule has 2 aromatic rings. The van der Waals surface area contributed by atoms with Crippen LogP contribution in [-0.4, -0.2) is 71.4 Å². The standard InChI is InChI=1S/C23H25ClN2O7S2/c1-3-12-26(17-7-5-4-6-8-17)35(31,32)19-9-10-21(24)20(14-19)23(28)33-15-22(27)25(2)18-11-13-34(29,30)16-18/h3-10,14,18H,1,11-13,15-16H2,2H3/t18-/m1/s1. The van der Waals surface area contributed by atoms with Gasteiger partial charge in [0.2, 0.25) is 0 Å². The van der Waals surface area contributed by atoms with Crippen LogP contribution in [-0.2, 0) is 29.4 Å². The summed E-state index contributed by atoms with van der Waals surface area (Å²) in [4.78, 5) is 26.1. The van der Waals surface area contributed by atoms with Crippen LogP contribution in [0, 0.1) is 0 Å². The van der Waals surface area contributed by atoms with E-state index in [9.17, 15) is 26.4 Å². The van der Waals surface area contributed by atoms with Crippen LogP contribution in [0.25, 0.3) is 0 Å². The zero-order valence-electron chi connectivity index (χ0n) is 19.0. The van der Waals surface area contributed by atoms with Crippen molar-refractivity contribution in [2.45, 2.75) is 17.4 Å². The summed E-state index contributed by atoms with van der Waals surface area (Å²) in [5.41, 5.74) is 0.187. The van der Waals surface area contributed by atoms with Crippen molar-refractivity contribution in [1.29, 1.82) is 0 Å². The molecule has 0 aromatic heterocycles. The first-order chi connectivity index (χ1) is 16.5. The van der Waals surface area contributed by atoms with Gasteiger partial charge in [0.25, 0.3) is 15.9 Å². The van der Waals surface area contributed by atoms with Crippen LogP contribution in [0.2, 0.25) is 5.02 Å². The van der Waals surface area contributed by atoms with Crippen molar-refractivity contribution in [3.63, 3.8) is 0 Å². The highest BCUT2D eigenvalue weighted by molar-refractivity contribution is 7.93. The highest BCUT2D eigenvalue weighted by Crippen LogP contribution is 2.27. The van der Waals surface area contributed by atoms with Crippen LogP contribution < -0.4 is 4.31 Å². The molecule has 1 fully saturated rings. The molecule has 2 aromatic carbocycles. The molecule has 1 heterocycles. The van der Waals surface area contributed by atoms with Crippen LogP contribution in [0.1, 0.15) is 16.8 Å². The van der Waals surface area contributed by atoms with E-state index in [1.807, 2.05) is 0 Å². The number of likely N-dealkylation sites (N-methyl/N-ethyl adjacent to an activating group) is 1. The van der Waals surface area contributed by atoms with E-state index in [-0.39, 0.29) is 33.5 Å². The monoisotopic (exact) mass is 540 g/mol. The normalized spacial score (nSPS) is 16.9. The van der Waals surface area contributed by atoms with Crippen LogP contribution >= 0.6 is 11.6 Å². The van der Waals surface area contributed by atoms with Gasteiger partial charge in [0, 0.05) is 13.1 Å². The SMILES string of the molecule is C=CCN(c1ccccc1)S(=O)(=O)c1ccc(Cl)c(C(=O)OCC(=O)N(C)[C@@H]2CCS(=O)(=O)C2)c1. The number of sulfone groups is 1. The molecule has 0 unspecified atom stereocenters. The van der Waals surface area contributed by atoms with Crippen molar-refractivity contribution in [3.8, 4) is 0 Å². The summed E-state index contributed by atoms with van der Waals surface area (Å²) in [5.74, 6) is -1.71. The number of carbonyl (C=O) groups excluding carboxylic acids is 2. The van der Waals surface area contributed by atoms with E-state index in [1.54, 1.807) is 30.3 Å². The Morgan fingerprint density at radius 3 is 2.49 bits per heavy atom. The van der Waals surface area contributed by atoms with Crippen LogP contribution in [0.3, 0.4) is 0 Å². The summed E-state index contributed by atoms with van der Waals surface area (Å²) in [5, 5.41) is -0.0494. The average molecular weight is 541 g/mol. The molecule has 12 heteroatoms. The van der Waals surface area contributed by atoms with Gasteiger partial charge in [-0.3, -0.25) is 9.10 Å². The van der Waals surface area contributed by atoms with Gasteiger partial charge >= 0.3 is 5.97 Å². The van der Waals surface area contributed by atoms with Crippen molar-refractivity contribution in [1.82, 2.24) is 4.90 Å². The second kappa shape index (κ2) is 10.8. The second-order valence-electron chi connectivity index (χ2n) is 7.94. The Hall–Kier alpha value is -2.89. The number of hydrogen-bond acceptors (Lipinski definition) is 7. The zero-order chi connectivity index (χ0) is 25.8. The first-order valence-electron chi connectivity index (χ1n) is 10.6. The lowest BCUT2D eigenvalue weighted by molar-refractivity contribution is -0.134. The van der Waals surface area contributed by atoms with E-state index in [1.165, 1.54) is 30.2 Å². The summed E-state index contributed by atoms with van der Waals surface area (Å²) in [6.45, 7) is 2.96. The Balaban J connectivity index is 1.77. The van der Waals surface area contributed by atoms with Crippen LogP contribution in [0.4, 0.5) is 5.69 Å². The highest BCUT2D eigenvalue weighted by atomic mass is 35.5. The van der Waals surface area contributed by atoms with E-state index >= 15 is 0 Å². The molecule has 1 atom stereocenters. The quantitative estimate of drug-likeness (QED) is 0.354. The van der Waals surface area contributed by atoms with Crippen LogP contribution in [0.15, 0.2) is 66.1 Å². The fraction of sp³-hybridized carbons (Fsp3) is 0.304. The van der Waals surface area contributed by atoms with Gasteiger partial charge in [-0.05, 0) is 36.8 Å². The number of amides is 1. The number of benzene rings is 2. The van der Waals surface area contributed by atoms with Gasteiger partial charge in [0.15, 0.2) is 16.4 Å². The lowest BCUT2D eigenvalue weighted by atomic mass is 10.2. The molecule has 1 aliphatic heterocycles. The van der Waals surface area contributed by atoms with Crippen molar-refractivity contribution in [2.24, 2.45) is 0 Å². The number of rotatable bonds is 9. The molecule has 0 N–H and O–H groups in total. The Kier molecular flexibility index (Phi) is 8.24. The first-order valence-corrected chi connectivity index (χ1v) is 14.2. The van der Waals surface area contributed by atoms with Gasteiger partial charge in [-0.2, -0.15) is 0 Å². The molecule has 9 nitrogen and oxygen atoms in total. The minimum absolute atomic E-state index is 0.00218. The number of hydrogen-bond donors (Lipinski definition) is 0. The third-order valence-corrected chi connectivity index (χ3v) is 9.43. The Morgan fingerprint density at radius 2 is 1.89 bits per heavy atom. The second-order valence-corrected chi connectivity index (χ2v) is 12.4. The third kappa shape index (κ3) is 6.22. The maximum absolute atomic E-state index is 13.3. The molecular weight excluding hydrogens is 516 g/mol. The van der Waals surface area contributed by atoms with Gasteiger partial charge in [-0.25, -0.2) is 21.6 Å². The molecule has 1 aliphatic rings. The molecule has 0 bridgehead atoms.